The molecule has 0 bridgehead atoms. The van der Waals surface area contributed by atoms with Crippen LogP contribution in [0.4, 0.5) is 0 Å². The fraction of sp³-hybridized carbons (Fsp3) is 0.333. The van der Waals surface area contributed by atoms with Crippen molar-refractivity contribution in [2.75, 3.05) is 0 Å². The van der Waals surface area contributed by atoms with Crippen molar-refractivity contribution in [3.8, 4) is 12.3 Å². The number of terminal acetylenes is 1. The van der Waals surface area contributed by atoms with Gasteiger partial charge in [0.25, 0.3) is 0 Å². The summed E-state index contributed by atoms with van der Waals surface area (Å²) in [5.74, 6) is 2.78. The van der Waals surface area contributed by atoms with Gasteiger partial charge in [-0.15, -0.1) is 6.42 Å². The third-order valence-electron chi connectivity index (χ3n) is 3.79. The van der Waals surface area contributed by atoms with Crippen LogP contribution in [-0.2, 0) is 11.8 Å². The molecule has 0 radical (unpaired) electrons. The van der Waals surface area contributed by atoms with Gasteiger partial charge in [-0.2, -0.15) is 0 Å². The van der Waals surface area contributed by atoms with Crippen molar-refractivity contribution >= 4 is 0 Å². The van der Waals surface area contributed by atoms with Gasteiger partial charge in [0.2, 0.25) is 0 Å². The molecule has 0 saturated heterocycles. The molecule has 1 aromatic rings. The first-order valence-corrected chi connectivity index (χ1v) is 6.55. The molecular weight excluding hydrogens is 216 g/mol. The first kappa shape index (κ1) is 12.7. The van der Waals surface area contributed by atoms with Gasteiger partial charge in [-0.25, -0.2) is 0 Å². The summed E-state index contributed by atoms with van der Waals surface area (Å²) in [5.41, 5.74) is 5.39. The lowest BCUT2D eigenvalue weighted by Crippen LogP contribution is -2.15. The van der Waals surface area contributed by atoms with E-state index in [1.807, 2.05) is 0 Å². The Morgan fingerprint density at radius 2 is 2.11 bits per heavy atom. The van der Waals surface area contributed by atoms with Crippen molar-refractivity contribution in [1.82, 2.24) is 0 Å². The fourth-order valence-corrected chi connectivity index (χ4v) is 2.68. The Morgan fingerprint density at radius 3 is 2.72 bits per heavy atom. The number of fused-ring (bicyclic) bond motifs is 1. The molecular formula is C18H20. The Labute approximate surface area is 110 Å². The predicted molar refractivity (Wildman–Crippen MR) is 78.5 cm³/mol. The number of allylic oxidation sites excluding steroid dienone is 4. The minimum absolute atomic E-state index is 0.0975. The minimum atomic E-state index is 0.0975. The van der Waals surface area contributed by atoms with Crippen molar-refractivity contribution < 1.29 is 0 Å². The molecule has 0 nitrogen and oxygen atoms in total. The third-order valence-corrected chi connectivity index (χ3v) is 3.79. The summed E-state index contributed by atoms with van der Waals surface area (Å²) in [5, 5.41) is 0. The van der Waals surface area contributed by atoms with Crippen LogP contribution in [0.25, 0.3) is 0 Å². The number of hydrogen-bond donors (Lipinski definition) is 0. The summed E-state index contributed by atoms with van der Waals surface area (Å²) in [6.45, 7) is 6.68. The van der Waals surface area contributed by atoms with Crippen LogP contribution in [0.3, 0.4) is 0 Å². The summed E-state index contributed by atoms with van der Waals surface area (Å²) >= 11 is 0. The zero-order valence-electron chi connectivity index (χ0n) is 11.5. The molecule has 0 heterocycles. The average Bonchev–Trinajstić information content (AvgIpc) is 2.61. The molecule has 0 saturated carbocycles. The molecule has 2 rings (SSSR count). The lowest BCUT2D eigenvalue weighted by atomic mass is 9.82. The lowest BCUT2D eigenvalue weighted by molar-refractivity contribution is 0.643. The Bertz CT molecular complexity index is 548. The highest BCUT2D eigenvalue weighted by Crippen LogP contribution is 2.42. The van der Waals surface area contributed by atoms with Crippen LogP contribution in [0.5, 0.6) is 0 Å². The van der Waals surface area contributed by atoms with Crippen molar-refractivity contribution in [3.63, 3.8) is 0 Å². The van der Waals surface area contributed by atoms with E-state index in [0.717, 1.165) is 18.4 Å². The van der Waals surface area contributed by atoms with Gasteiger partial charge in [-0.1, -0.05) is 62.6 Å². The zero-order valence-corrected chi connectivity index (χ0v) is 11.5. The van der Waals surface area contributed by atoms with Gasteiger partial charge in [0.05, 0.1) is 0 Å². The van der Waals surface area contributed by atoms with Crippen LogP contribution in [0.15, 0.2) is 47.6 Å². The van der Waals surface area contributed by atoms with Gasteiger partial charge in [0.1, 0.15) is 0 Å². The third kappa shape index (κ3) is 2.14. The van der Waals surface area contributed by atoms with E-state index in [-0.39, 0.29) is 5.41 Å². The average molecular weight is 236 g/mol. The van der Waals surface area contributed by atoms with Crippen molar-refractivity contribution in [2.45, 2.75) is 39.0 Å². The van der Waals surface area contributed by atoms with Crippen LogP contribution in [0.1, 0.15) is 38.3 Å². The monoisotopic (exact) mass is 236 g/mol. The first-order chi connectivity index (χ1) is 8.59. The molecule has 1 aliphatic carbocycles. The van der Waals surface area contributed by atoms with Crippen LogP contribution in [0, 0.1) is 12.3 Å². The molecule has 0 aromatic heterocycles. The van der Waals surface area contributed by atoms with E-state index >= 15 is 0 Å². The molecule has 0 spiro atoms. The summed E-state index contributed by atoms with van der Waals surface area (Å²) in [4.78, 5) is 0. The van der Waals surface area contributed by atoms with E-state index < -0.39 is 0 Å². The Kier molecular flexibility index (Phi) is 3.43. The van der Waals surface area contributed by atoms with E-state index in [2.05, 4.69) is 63.1 Å². The van der Waals surface area contributed by atoms with Crippen molar-refractivity contribution in [1.29, 1.82) is 0 Å². The molecule has 0 amide bonds. The van der Waals surface area contributed by atoms with Crippen LogP contribution in [0.2, 0.25) is 0 Å². The molecule has 18 heavy (non-hydrogen) atoms. The summed E-state index contributed by atoms with van der Waals surface area (Å²) in [7, 11) is 0. The predicted octanol–water partition coefficient (Wildman–Crippen LogP) is 4.42. The molecule has 0 fully saturated rings. The highest BCUT2D eigenvalue weighted by atomic mass is 14.4. The molecule has 0 N–H and O–H groups in total. The zero-order chi connectivity index (χ0) is 13.2. The molecule has 0 atom stereocenters. The highest BCUT2D eigenvalue weighted by Gasteiger charge is 2.33. The number of rotatable bonds is 2. The Hall–Kier alpha value is -1.74. The maximum Gasteiger partial charge on any atom is 0.0202 e. The smallest absolute Gasteiger partial charge is 0.0202 e. The van der Waals surface area contributed by atoms with Gasteiger partial charge in [0.15, 0.2) is 0 Å². The molecule has 0 unspecified atom stereocenters. The van der Waals surface area contributed by atoms with Crippen molar-refractivity contribution in [3.05, 3.63) is 58.7 Å². The standard InChI is InChI=1S/C18H20/c1-5-9-14(6-2)12-16-13-15-10-7-8-11-17(15)18(16,3)4/h2,7-12H,5,13H2,1,3-4H3/b14-9-,16-12+. The lowest BCUT2D eigenvalue weighted by Gasteiger charge is -2.22. The van der Waals surface area contributed by atoms with Crippen LogP contribution < -0.4 is 0 Å². The normalized spacial score (nSPS) is 19.7. The van der Waals surface area contributed by atoms with Crippen LogP contribution >= 0.6 is 0 Å². The van der Waals surface area contributed by atoms with E-state index in [4.69, 9.17) is 6.42 Å². The van der Waals surface area contributed by atoms with E-state index in [1.165, 1.54) is 16.7 Å². The maximum atomic E-state index is 5.57. The molecule has 92 valence electrons. The largest absolute Gasteiger partial charge is 0.115 e. The summed E-state index contributed by atoms with van der Waals surface area (Å²) < 4.78 is 0. The quantitative estimate of drug-likeness (QED) is 0.667. The van der Waals surface area contributed by atoms with Gasteiger partial charge in [-0.05, 0) is 30.0 Å². The minimum Gasteiger partial charge on any atom is -0.115 e. The van der Waals surface area contributed by atoms with Gasteiger partial charge in [0, 0.05) is 11.0 Å². The maximum absolute atomic E-state index is 5.57. The molecule has 0 aliphatic heterocycles. The second-order valence-corrected chi connectivity index (χ2v) is 5.34. The van der Waals surface area contributed by atoms with E-state index in [9.17, 15) is 0 Å². The Balaban J connectivity index is 2.44. The number of hydrogen-bond acceptors (Lipinski definition) is 0. The molecule has 1 aromatic carbocycles. The highest BCUT2D eigenvalue weighted by molar-refractivity contribution is 5.53. The van der Waals surface area contributed by atoms with Gasteiger partial charge < -0.3 is 0 Å². The molecule has 1 aliphatic rings. The number of benzene rings is 1. The van der Waals surface area contributed by atoms with E-state index in [1.54, 1.807) is 0 Å². The summed E-state index contributed by atoms with van der Waals surface area (Å²) in [6, 6.07) is 8.68. The topological polar surface area (TPSA) is 0 Å². The second kappa shape index (κ2) is 4.86. The Morgan fingerprint density at radius 1 is 1.39 bits per heavy atom. The van der Waals surface area contributed by atoms with E-state index in [0.29, 0.717) is 0 Å². The van der Waals surface area contributed by atoms with Crippen LogP contribution in [-0.4, -0.2) is 0 Å². The van der Waals surface area contributed by atoms with Gasteiger partial charge >= 0.3 is 0 Å². The SMILES string of the molecule is C#CC(=C/CC)/C=C1\Cc2ccccc2C1(C)C. The first-order valence-electron chi connectivity index (χ1n) is 6.55. The molecule has 0 heteroatoms. The fourth-order valence-electron chi connectivity index (χ4n) is 2.68. The summed E-state index contributed by atoms with van der Waals surface area (Å²) in [6.07, 6.45) is 11.9. The van der Waals surface area contributed by atoms with Gasteiger partial charge in [-0.3, -0.25) is 0 Å². The second-order valence-electron chi connectivity index (χ2n) is 5.34. The van der Waals surface area contributed by atoms with Crippen molar-refractivity contribution in [2.24, 2.45) is 0 Å².